The molecule has 2 heterocycles. The van der Waals surface area contributed by atoms with Gasteiger partial charge in [-0.1, -0.05) is 24.6 Å². The number of rotatable bonds is 11. The second kappa shape index (κ2) is 13.2. The van der Waals surface area contributed by atoms with Crippen molar-refractivity contribution in [3.05, 3.63) is 83.4 Å². The van der Waals surface area contributed by atoms with Gasteiger partial charge in [0.2, 0.25) is 17.7 Å². The van der Waals surface area contributed by atoms with Crippen LogP contribution < -0.4 is 27.0 Å². The van der Waals surface area contributed by atoms with E-state index in [4.69, 9.17) is 5.73 Å². The Morgan fingerprint density at radius 1 is 0.841 bits per heavy atom. The van der Waals surface area contributed by atoms with Gasteiger partial charge in [-0.05, 0) is 67.8 Å². The standard InChI is InChI=1S/C32H32N6O6/c33-22-8-3-4-9-23(22)36-29(41)19-12-14-20(15-13-19)35-26(39)11-2-1-5-18-34-24-10-6-7-21-28(24)32(44)38(31(21)43)25-16-17-27(40)37-30(25)42/h3-4,6-10,12-15,25,34H,1-2,5,11,16-18,33H2,(H,35,39)(H,36,41)(H,37,40,42). The maximum atomic E-state index is 13.2. The maximum Gasteiger partial charge on any atom is 0.264 e. The van der Waals surface area contributed by atoms with E-state index in [0.29, 0.717) is 54.1 Å². The van der Waals surface area contributed by atoms with Crippen molar-refractivity contribution < 1.29 is 28.8 Å². The number of para-hydroxylation sites is 2. The summed E-state index contributed by atoms with van der Waals surface area (Å²) in [6, 6.07) is 17.5. The quantitative estimate of drug-likeness (QED) is 0.127. The number of fused-ring (bicyclic) bond motifs is 1. The molecule has 6 N–H and O–H groups in total. The number of anilines is 4. The Morgan fingerprint density at radius 3 is 2.34 bits per heavy atom. The Kier molecular flexibility index (Phi) is 8.98. The number of hydrogen-bond donors (Lipinski definition) is 5. The minimum Gasteiger partial charge on any atom is -0.397 e. The van der Waals surface area contributed by atoms with Crippen molar-refractivity contribution in [1.82, 2.24) is 10.2 Å². The summed E-state index contributed by atoms with van der Waals surface area (Å²) in [5.41, 5.74) is 8.81. The first-order valence-electron chi connectivity index (χ1n) is 14.4. The normalized spacial score (nSPS) is 15.9. The van der Waals surface area contributed by atoms with Crippen LogP contribution in [-0.2, 0) is 14.4 Å². The van der Waals surface area contributed by atoms with Crippen LogP contribution in [-0.4, -0.2) is 52.9 Å². The number of carbonyl (C=O) groups is 6. The van der Waals surface area contributed by atoms with E-state index >= 15 is 0 Å². The summed E-state index contributed by atoms with van der Waals surface area (Å²) in [4.78, 5) is 75.8. The molecule has 2 aliphatic heterocycles. The highest BCUT2D eigenvalue weighted by atomic mass is 16.2. The van der Waals surface area contributed by atoms with E-state index < -0.39 is 29.7 Å². The molecular formula is C32H32N6O6. The van der Waals surface area contributed by atoms with Gasteiger partial charge in [-0.15, -0.1) is 0 Å². The van der Waals surface area contributed by atoms with Crippen molar-refractivity contribution >= 4 is 58.2 Å². The topological polar surface area (TPSA) is 180 Å². The molecule has 226 valence electrons. The van der Waals surface area contributed by atoms with E-state index in [1.807, 2.05) is 0 Å². The average molecular weight is 597 g/mol. The molecule has 3 aromatic carbocycles. The number of imide groups is 2. The molecule has 2 aliphatic rings. The van der Waals surface area contributed by atoms with Crippen LogP contribution in [0, 0.1) is 0 Å². The third-order valence-electron chi connectivity index (χ3n) is 7.50. The molecule has 1 fully saturated rings. The summed E-state index contributed by atoms with van der Waals surface area (Å²) in [6.45, 7) is 0.510. The SMILES string of the molecule is Nc1ccccc1NC(=O)c1ccc(NC(=O)CCCCCNc2cccc3c2C(=O)N(C2CCC(=O)NC2=O)C3=O)cc1. The molecule has 3 aromatic rings. The highest BCUT2D eigenvalue weighted by molar-refractivity contribution is 6.25. The van der Waals surface area contributed by atoms with Crippen LogP contribution in [0.3, 0.4) is 0 Å². The van der Waals surface area contributed by atoms with Crippen molar-refractivity contribution in [2.24, 2.45) is 0 Å². The zero-order valence-corrected chi connectivity index (χ0v) is 23.9. The van der Waals surface area contributed by atoms with Crippen molar-refractivity contribution in [3.8, 4) is 0 Å². The predicted molar refractivity (Wildman–Crippen MR) is 164 cm³/mol. The molecule has 0 bridgehead atoms. The minimum atomic E-state index is -1.02. The van der Waals surface area contributed by atoms with Gasteiger partial charge in [0.15, 0.2) is 0 Å². The molecule has 1 unspecified atom stereocenters. The molecule has 1 atom stereocenters. The molecule has 12 nitrogen and oxygen atoms in total. The first-order valence-corrected chi connectivity index (χ1v) is 14.4. The fraction of sp³-hybridized carbons (Fsp3) is 0.250. The summed E-state index contributed by atoms with van der Waals surface area (Å²) in [5.74, 6) is -2.64. The molecule has 1 saturated heterocycles. The lowest BCUT2D eigenvalue weighted by atomic mass is 10.0. The van der Waals surface area contributed by atoms with Crippen molar-refractivity contribution in [1.29, 1.82) is 0 Å². The first-order chi connectivity index (χ1) is 21.2. The van der Waals surface area contributed by atoms with Gasteiger partial charge in [0.1, 0.15) is 6.04 Å². The second-order valence-corrected chi connectivity index (χ2v) is 10.6. The van der Waals surface area contributed by atoms with Crippen LogP contribution in [0.4, 0.5) is 22.7 Å². The van der Waals surface area contributed by atoms with Crippen LogP contribution in [0.25, 0.3) is 0 Å². The summed E-state index contributed by atoms with van der Waals surface area (Å²) < 4.78 is 0. The number of carbonyl (C=O) groups excluding carboxylic acids is 6. The van der Waals surface area contributed by atoms with Gasteiger partial charge in [-0.2, -0.15) is 0 Å². The lowest BCUT2D eigenvalue weighted by Gasteiger charge is -2.27. The molecule has 12 heteroatoms. The lowest BCUT2D eigenvalue weighted by molar-refractivity contribution is -0.136. The summed E-state index contributed by atoms with van der Waals surface area (Å²) >= 11 is 0. The Hall–Kier alpha value is -5.52. The third kappa shape index (κ3) is 6.59. The molecule has 0 saturated carbocycles. The van der Waals surface area contributed by atoms with Crippen molar-refractivity contribution in [2.75, 3.05) is 28.2 Å². The maximum absolute atomic E-state index is 13.2. The number of nitrogens with zero attached hydrogens (tertiary/aromatic N) is 1. The second-order valence-electron chi connectivity index (χ2n) is 10.6. The van der Waals surface area contributed by atoms with Gasteiger partial charge in [-0.25, -0.2) is 0 Å². The largest absolute Gasteiger partial charge is 0.397 e. The molecule has 44 heavy (non-hydrogen) atoms. The van der Waals surface area contributed by atoms with Crippen molar-refractivity contribution in [2.45, 2.75) is 44.6 Å². The molecule has 0 aromatic heterocycles. The van der Waals surface area contributed by atoms with E-state index in [1.165, 1.54) is 0 Å². The average Bonchev–Trinajstić information content (AvgIpc) is 3.26. The number of nitrogens with two attached hydrogens (primary N) is 1. The highest BCUT2D eigenvalue weighted by Gasteiger charge is 2.45. The minimum absolute atomic E-state index is 0.0589. The Morgan fingerprint density at radius 2 is 1.59 bits per heavy atom. The predicted octanol–water partition coefficient (Wildman–Crippen LogP) is 3.53. The first kappa shape index (κ1) is 30.0. The van der Waals surface area contributed by atoms with Crippen LogP contribution in [0.2, 0.25) is 0 Å². The van der Waals surface area contributed by atoms with Crippen molar-refractivity contribution in [3.63, 3.8) is 0 Å². The van der Waals surface area contributed by atoms with E-state index in [2.05, 4.69) is 21.3 Å². The van der Waals surface area contributed by atoms with Crippen LogP contribution in [0.5, 0.6) is 0 Å². The Balaban J connectivity index is 1.05. The molecule has 5 rings (SSSR count). The number of benzene rings is 3. The van der Waals surface area contributed by atoms with Gasteiger partial charge < -0.3 is 21.7 Å². The van der Waals surface area contributed by atoms with Gasteiger partial charge in [0.05, 0.1) is 22.5 Å². The molecule has 0 aliphatic carbocycles. The highest BCUT2D eigenvalue weighted by Crippen LogP contribution is 2.32. The number of nitrogen functional groups attached to an aromatic ring is 1. The zero-order valence-electron chi connectivity index (χ0n) is 23.9. The van der Waals surface area contributed by atoms with E-state index in [-0.39, 0.29) is 35.8 Å². The third-order valence-corrected chi connectivity index (χ3v) is 7.50. The summed E-state index contributed by atoms with van der Waals surface area (Å²) in [5, 5.41) is 11.0. The zero-order chi connectivity index (χ0) is 31.2. The van der Waals surface area contributed by atoms with Gasteiger partial charge >= 0.3 is 0 Å². The molecule has 0 radical (unpaired) electrons. The van der Waals surface area contributed by atoms with Gasteiger partial charge in [-0.3, -0.25) is 39.0 Å². The van der Waals surface area contributed by atoms with Crippen LogP contribution >= 0.6 is 0 Å². The Labute approximate surface area is 253 Å². The summed E-state index contributed by atoms with van der Waals surface area (Å²) in [7, 11) is 0. The fourth-order valence-electron chi connectivity index (χ4n) is 5.21. The number of hydrogen-bond acceptors (Lipinski definition) is 8. The Bertz CT molecular complexity index is 1640. The molecule has 6 amide bonds. The van der Waals surface area contributed by atoms with E-state index in [0.717, 1.165) is 11.3 Å². The fourth-order valence-corrected chi connectivity index (χ4v) is 5.21. The van der Waals surface area contributed by atoms with Gasteiger partial charge in [0.25, 0.3) is 17.7 Å². The number of unbranched alkanes of at least 4 members (excludes halogenated alkanes) is 2. The van der Waals surface area contributed by atoms with E-state index in [1.54, 1.807) is 66.7 Å². The number of piperidine rings is 1. The monoisotopic (exact) mass is 596 g/mol. The smallest absolute Gasteiger partial charge is 0.264 e. The lowest BCUT2D eigenvalue weighted by Crippen LogP contribution is -2.54. The number of nitrogens with one attached hydrogen (secondary N) is 4. The number of amides is 6. The summed E-state index contributed by atoms with van der Waals surface area (Å²) in [6.07, 6.45) is 2.56. The molecular weight excluding hydrogens is 564 g/mol. The van der Waals surface area contributed by atoms with E-state index in [9.17, 15) is 28.8 Å². The van der Waals surface area contributed by atoms with Crippen LogP contribution in [0.1, 0.15) is 69.6 Å². The van der Waals surface area contributed by atoms with Crippen LogP contribution in [0.15, 0.2) is 66.7 Å². The van der Waals surface area contributed by atoms with Gasteiger partial charge in [0, 0.05) is 36.3 Å². The molecule has 0 spiro atoms.